The second-order valence-corrected chi connectivity index (χ2v) is 4.22. The molecule has 1 atom stereocenters. The van der Waals surface area contributed by atoms with E-state index in [9.17, 15) is 18.0 Å². The second-order valence-electron chi connectivity index (χ2n) is 4.22. The third-order valence-electron chi connectivity index (χ3n) is 3.03. The molecule has 1 aliphatic carbocycles. The van der Waals surface area contributed by atoms with Gasteiger partial charge in [0, 0.05) is 0 Å². The topological polar surface area (TPSA) is 41.1 Å². The molecule has 2 rings (SSSR count). The van der Waals surface area contributed by atoms with Gasteiger partial charge in [0.05, 0.1) is 6.04 Å². The summed E-state index contributed by atoms with van der Waals surface area (Å²) in [6.07, 6.45) is -2.83. The van der Waals surface area contributed by atoms with Gasteiger partial charge in [-0.15, -0.1) is 0 Å². The van der Waals surface area contributed by atoms with Crippen molar-refractivity contribution in [2.45, 2.75) is 43.4 Å². The van der Waals surface area contributed by atoms with Crippen LogP contribution >= 0.6 is 0 Å². The number of hydrogen-bond donors (Lipinski definition) is 2. The molecule has 0 aromatic heterocycles. The molecule has 2 aliphatic rings. The van der Waals surface area contributed by atoms with Gasteiger partial charge in [-0.25, -0.2) is 0 Å². The fraction of sp³-hybridized carbons (Fsp3) is 0.889. The summed E-state index contributed by atoms with van der Waals surface area (Å²) in [6, 6.07) is -0.440. The Hall–Kier alpha value is -0.780. The summed E-state index contributed by atoms with van der Waals surface area (Å²) < 4.78 is 37.5. The van der Waals surface area contributed by atoms with Gasteiger partial charge in [0.25, 0.3) is 0 Å². The Bertz CT molecular complexity index is 267. The Morgan fingerprint density at radius 3 is 2.47 bits per heavy atom. The van der Waals surface area contributed by atoms with E-state index in [1.54, 1.807) is 0 Å². The third kappa shape index (κ3) is 1.95. The number of carbonyl (C=O) groups is 1. The standard InChI is InChI=1S/C9H13F3N2O/c10-9(11,12)8(3-4-8)14-7(15)6-2-1-5-13-6/h6,13H,1-5H2,(H,14,15)/t6-/m0/s1. The molecule has 3 nitrogen and oxygen atoms in total. The van der Waals surface area contributed by atoms with Gasteiger partial charge in [0.15, 0.2) is 0 Å². The van der Waals surface area contributed by atoms with Gasteiger partial charge in [-0.3, -0.25) is 4.79 Å². The number of rotatable bonds is 2. The molecular formula is C9H13F3N2O. The van der Waals surface area contributed by atoms with E-state index < -0.39 is 23.7 Å². The van der Waals surface area contributed by atoms with Crippen molar-refractivity contribution < 1.29 is 18.0 Å². The van der Waals surface area contributed by atoms with Crippen molar-refractivity contribution in [2.24, 2.45) is 0 Å². The number of carbonyl (C=O) groups excluding carboxylic acids is 1. The molecule has 6 heteroatoms. The van der Waals surface area contributed by atoms with Crippen LogP contribution in [-0.4, -0.2) is 30.2 Å². The van der Waals surface area contributed by atoms with E-state index in [1.807, 2.05) is 0 Å². The monoisotopic (exact) mass is 222 g/mol. The highest BCUT2D eigenvalue weighted by Crippen LogP contribution is 2.48. The maximum Gasteiger partial charge on any atom is 0.411 e. The predicted octanol–water partition coefficient (Wildman–Crippen LogP) is 0.950. The SMILES string of the molecule is O=C(NC1(C(F)(F)F)CC1)[C@@H]1CCCN1. The Labute approximate surface area is 85.4 Å². The van der Waals surface area contributed by atoms with Crippen molar-refractivity contribution in [2.75, 3.05) is 6.54 Å². The number of alkyl halides is 3. The molecule has 1 amide bonds. The lowest BCUT2D eigenvalue weighted by Gasteiger charge is -2.22. The van der Waals surface area contributed by atoms with Gasteiger partial charge in [-0.1, -0.05) is 0 Å². The van der Waals surface area contributed by atoms with Crippen LogP contribution in [-0.2, 0) is 4.79 Å². The van der Waals surface area contributed by atoms with Crippen LogP contribution in [0.5, 0.6) is 0 Å². The molecule has 1 heterocycles. The molecule has 86 valence electrons. The molecule has 0 spiro atoms. The summed E-state index contributed by atoms with van der Waals surface area (Å²) in [7, 11) is 0. The molecule has 1 saturated carbocycles. The van der Waals surface area contributed by atoms with Crippen LogP contribution in [0.3, 0.4) is 0 Å². The molecule has 0 radical (unpaired) electrons. The Morgan fingerprint density at radius 2 is 2.07 bits per heavy atom. The summed E-state index contributed by atoms with van der Waals surface area (Å²) in [5.41, 5.74) is -1.92. The van der Waals surface area contributed by atoms with Crippen molar-refractivity contribution >= 4 is 5.91 Å². The summed E-state index contributed by atoms with van der Waals surface area (Å²) in [5.74, 6) is -0.512. The van der Waals surface area contributed by atoms with Crippen molar-refractivity contribution in [3.63, 3.8) is 0 Å². The fourth-order valence-electron chi connectivity index (χ4n) is 1.84. The maximum atomic E-state index is 12.5. The van der Waals surface area contributed by atoms with Gasteiger partial charge < -0.3 is 10.6 Å². The van der Waals surface area contributed by atoms with E-state index in [-0.39, 0.29) is 12.8 Å². The molecule has 1 saturated heterocycles. The van der Waals surface area contributed by atoms with E-state index in [2.05, 4.69) is 10.6 Å². The van der Waals surface area contributed by atoms with Crippen LogP contribution in [0, 0.1) is 0 Å². The van der Waals surface area contributed by atoms with Crippen LogP contribution < -0.4 is 10.6 Å². The smallest absolute Gasteiger partial charge is 0.341 e. The molecule has 0 aromatic carbocycles. The number of nitrogens with one attached hydrogen (secondary N) is 2. The zero-order valence-corrected chi connectivity index (χ0v) is 8.16. The van der Waals surface area contributed by atoms with Crippen molar-refractivity contribution in [1.82, 2.24) is 10.6 Å². The zero-order chi connectivity index (χ0) is 11.1. The first kappa shape index (κ1) is 10.7. The summed E-state index contributed by atoms with van der Waals surface area (Å²) in [6.45, 7) is 0.705. The lowest BCUT2D eigenvalue weighted by Crippen LogP contribution is -2.52. The van der Waals surface area contributed by atoms with Crippen LogP contribution in [0.25, 0.3) is 0 Å². The highest BCUT2D eigenvalue weighted by molar-refractivity contribution is 5.83. The van der Waals surface area contributed by atoms with Crippen LogP contribution in [0.15, 0.2) is 0 Å². The first-order chi connectivity index (χ1) is 6.95. The predicted molar refractivity (Wildman–Crippen MR) is 47.2 cm³/mol. The van der Waals surface area contributed by atoms with Gasteiger partial charge in [-0.2, -0.15) is 13.2 Å². The van der Waals surface area contributed by atoms with E-state index in [0.29, 0.717) is 13.0 Å². The number of hydrogen-bond acceptors (Lipinski definition) is 2. The first-order valence-electron chi connectivity index (χ1n) is 5.07. The van der Waals surface area contributed by atoms with Gasteiger partial charge >= 0.3 is 6.18 Å². The fourth-order valence-corrected chi connectivity index (χ4v) is 1.84. The van der Waals surface area contributed by atoms with Gasteiger partial charge in [-0.05, 0) is 32.2 Å². The maximum absolute atomic E-state index is 12.5. The molecule has 2 fully saturated rings. The molecular weight excluding hydrogens is 209 g/mol. The molecule has 1 aliphatic heterocycles. The zero-order valence-electron chi connectivity index (χ0n) is 8.16. The van der Waals surface area contributed by atoms with Crippen LogP contribution in [0.2, 0.25) is 0 Å². The average Bonchev–Trinajstić information content (AvgIpc) is 2.74. The molecule has 0 aromatic rings. The van der Waals surface area contributed by atoms with Crippen LogP contribution in [0.1, 0.15) is 25.7 Å². The van der Waals surface area contributed by atoms with E-state index in [1.165, 1.54) is 0 Å². The minimum atomic E-state index is -4.32. The van der Waals surface area contributed by atoms with Gasteiger partial charge in [0.2, 0.25) is 5.91 Å². The lowest BCUT2D eigenvalue weighted by atomic mass is 10.2. The Balaban J connectivity index is 1.94. The minimum absolute atomic E-state index is 0.00889. The number of halogens is 3. The summed E-state index contributed by atoms with van der Waals surface area (Å²) in [4.78, 5) is 11.5. The average molecular weight is 222 g/mol. The molecule has 2 N–H and O–H groups in total. The van der Waals surface area contributed by atoms with Crippen LogP contribution in [0.4, 0.5) is 13.2 Å². The summed E-state index contributed by atoms with van der Waals surface area (Å²) >= 11 is 0. The second kappa shape index (κ2) is 3.37. The quantitative estimate of drug-likeness (QED) is 0.730. The van der Waals surface area contributed by atoms with Crippen molar-refractivity contribution in [1.29, 1.82) is 0 Å². The molecule has 0 unspecified atom stereocenters. The number of amides is 1. The third-order valence-corrected chi connectivity index (χ3v) is 3.03. The highest BCUT2D eigenvalue weighted by atomic mass is 19.4. The van der Waals surface area contributed by atoms with E-state index in [4.69, 9.17) is 0 Å². The van der Waals surface area contributed by atoms with Crippen molar-refractivity contribution in [3.8, 4) is 0 Å². The first-order valence-corrected chi connectivity index (χ1v) is 5.07. The molecule has 15 heavy (non-hydrogen) atoms. The van der Waals surface area contributed by atoms with E-state index >= 15 is 0 Å². The van der Waals surface area contributed by atoms with Gasteiger partial charge in [0.1, 0.15) is 5.54 Å². The minimum Gasteiger partial charge on any atom is -0.341 e. The highest BCUT2D eigenvalue weighted by Gasteiger charge is 2.64. The van der Waals surface area contributed by atoms with E-state index in [0.717, 1.165) is 6.42 Å². The molecule has 0 bridgehead atoms. The lowest BCUT2D eigenvalue weighted by molar-refractivity contribution is -0.170. The van der Waals surface area contributed by atoms with Crippen molar-refractivity contribution in [3.05, 3.63) is 0 Å². The Kier molecular flexibility index (Phi) is 2.41. The summed E-state index contributed by atoms with van der Waals surface area (Å²) in [5, 5.41) is 5.00. The largest absolute Gasteiger partial charge is 0.411 e. The Morgan fingerprint density at radius 1 is 1.40 bits per heavy atom. The normalized spacial score (nSPS) is 28.9.